The number of nitrogens with zero attached hydrogens (tertiary/aromatic N) is 3. The van der Waals surface area contributed by atoms with Crippen LogP contribution in [0.5, 0.6) is 0 Å². The number of aromatic nitrogens is 3. The molecule has 0 fully saturated rings. The fourth-order valence-corrected chi connectivity index (χ4v) is 8.32. The van der Waals surface area contributed by atoms with E-state index in [4.69, 9.17) is 9.97 Å². The van der Waals surface area contributed by atoms with Crippen LogP contribution in [0.15, 0.2) is 164 Å². The van der Waals surface area contributed by atoms with Gasteiger partial charge in [0.1, 0.15) is 5.82 Å². The minimum atomic E-state index is 0.708. The second-order valence-corrected chi connectivity index (χ2v) is 13.3. The molecule has 48 heavy (non-hydrogen) atoms. The fourth-order valence-electron chi connectivity index (χ4n) is 7.21. The average molecular weight is 630 g/mol. The summed E-state index contributed by atoms with van der Waals surface area (Å²) in [6.45, 7) is 0. The lowest BCUT2D eigenvalue weighted by molar-refractivity contribution is 1.08. The first-order valence-electron chi connectivity index (χ1n) is 16.2. The van der Waals surface area contributed by atoms with Gasteiger partial charge in [0.05, 0.1) is 21.9 Å². The Morgan fingerprint density at radius 3 is 1.69 bits per heavy atom. The Bertz CT molecular complexity index is 2790. The van der Waals surface area contributed by atoms with Gasteiger partial charge in [-0.05, 0) is 64.7 Å². The van der Waals surface area contributed by atoms with E-state index in [2.05, 4.69) is 168 Å². The minimum absolute atomic E-state index is 0.708. The number of thiophene rings is 1. The SMILES string of the molecule is c1ccc(-c2cccc(-c3cccc(-c4nc(-n5c6ccccc6c6ccccc65)c5c(ccc6sc7ccccc7c65)n4)c3)c2)cc1. The third-order valence-electron chi connectivity index (χ3n) is 9.40. The van der Waals surface area contributed by atoms with Gasteiger partial charge in [-0.25, -0.2) is 9.97 Å². The molecule has 3 nitrogen and oxygen atoms in total. The molecule has 224 valence electrons. The molecule has 10 rings (SSSR count). The molecule has 0 saturated heterocycles. The Morgan fingerprint density at radius 2 is 0.958 bits per heavy atom. The van der Waals surface area contributed by atoms with Gasteiger partial charge >= 0.3 is 0 Å². The number of para-hydroxylation sites is 2. The van der Waals surface area contributed by atoms with Crippen LogP contribution in [0.1, 0.15) is 0 Å². The molecule has 0 radical (unpaired) electrons. The lowest BCUT2D eigenvalue weighted by atomic mass is 9.98. The number of rotatable bonds is 4. The Hall–Kier alpha value is -6.10. The molecule has 3 heterocycles. The van der Waals surface area contributed by atoms with E-state index in [9.17, 15) is 0 Å². The van der Waals surface area contributed by atoms with Crippen LogP contribution in [0.25, 0.3) is 92.3 Å². The van der Waals surface area contributed by atoms with Crippen molar-refractivity contribution in [2.45, 2.75) is 0 Å². The van der Waals surface area contributed by atoms with Crippen molar-refractivity contribution in [1.82, 2.24) is 14.5 Å². The zero-order valence-electron chi connectivity index (χ0n) is 25.8. The molecule has 4 heteroatoms. The third kappa shape index (κ3) is 4.20. The van der Waals surface area contributed by atoms with Crippen LogP contribution in [0.4, 0.5) is 0 Å². The largest absolute Gasteiger partial charge is 0.293 e. The highest BCUT2D eigenvalue weighted by Gasteiger charge is 2.21. The summed E-state index contributed by atoms with van der Waals surface area (Å²) in [7, 11) is 0. The van der Waals surface area contributed by atoms with Crippen molar-refractivity contribution < 1.29 is 0 Å². The van der Waals surface area contributed by atoms with E-state index >= 15 is 0 Å². The first kappa shape index (κ1) is 27.1. The predicted octanol–water partition coefficient (Wildman–Crippen LogP) is 12.1. The predicted molar refractivity (Wildman–Crippen MR) is 203 cm³/mol. The number of fused-ring (bicyclic) bond motifs is 8. The van der Waals surface area contributed by atoms with Gasteiger partial charge in [0.25, 0.3) is 0 Å². The summed E-state index contributed by atoms with van der Waals surface area (Å²) in [4.78, 5) is 10.8. The Kier molecular flexibility index (Phi) is 6.05. The summed E-state index contributed by atoms with van der Waals surface area (Å²) in [5.74, 6) is 1.61. The first-order chi connectivity index (χ1) is 23.8. The maximum atomic E-state index is 5.51. The van der Waals surface area contributed by atoms with Gasteiger partial charge in [-0.2, -0.15) is 0 Å². The number of hydrogen-bond acceptors (Lipinski definition) is 3. The molecule has 10 aromatic rings. The Labute approximate surface area is 281 Å². The summed E-state index contributed by atoms with van der Waals surface area (Å²) in [6.07, 6.45) is 0. The van der Waals surface area contributed by atoms with Gasteiger partial charge in [0, 0.05) is 36.5 Å². The molecule has 0 amide bonds. The van der Waals surface area contributed by atoms with Crippen molar-refractivity contribution in [3.63, 3.8) is 0 Å². The van der Waals surface area contributed by atoms with Gasteiger partial charge < -0.3 is 0 Å². The fraction of sp³-hybridized carbons (Fsp3) is 0. The molecular formula is C44H27N3S. The molecule has 0 aliphatic rings. The van der Waals surface area contributed by atoms with Crippen molar-refractivity contribution in [2.24, 2.45) is 0 Å². The smallest absolute Gasteiger partial charge is 0.162 e. The van der Waals surface area contributed by atoms with Crippen molar-refractivity contribution >= 4 is 64.2 Å². The molecular weight excluding hydrogens is 603 g/mol. The summed E-state index contributed by atoms with van der Waals surface area (Å²) in [5, 5.41) is 5.95. The van der Waals surface area contributed by atoms with Crippen LogP contribution in [0, 0.1) is 0 Å². The van der Waals surface area contributed by atoms with E-state index in [0.717, 1.165) is 44.4 Å². The lowest BCUT2D eigenvalue weighted by Crippen LogP contribution is -2.03. The first-order valence-corrected chi connectivity index (χ1v) is 17.0. The van der Waals surface area contributed by atoms with E-state index in [-0.39, 0.29) is 0 Å². The molecule has 0 bridgehead atoms. The standard InChI is InChI=1S/C44H27N3S/c1-2-12-28(13-3-1)29-14-10-15-30(26-29)31-16-11-17-32(27-31)43-45-36-24-25-40-41(35-20-6-9-23-39(35)48-40)42(36)44(46-43)47-37-21-7-4-18-33(37)34-19-5-8-22-38(34)47/h1-27H. The van der Waals surface area contributed by atoms with Gasteiger partial charge in [-0.3, -0.25) is 4.57 Å². The molecule has 0 atom stereocenters. The van der Waals surface area contributed by atoms with Gasteiger partial charge in [-0.1, -0.05) is 121 Å². The van der Waals surface area contributed by atoms with E-state index in [1.165, 1.54) is 42.1 Å². The third-order valence-corrected chi connectivity index (χ3v) is 10.5. The van der Waals surface area contributed by atoms with Crippen molar-refractivity contribution in [2.75, 3.05) is 0 Å². The van der Waals surface area contributed by atoms with Crippen LogP contribution in [-0.2, 0) is 0 Å². The van der Waals surface area contributed by atoms with Gasteiger partial charge in [0.15, 0.2) is 5.82 Å². The van der Waals surface area contributed by atoms with Crippen molar-refractivity contribution in [3.05, 3.63) is 164 Å². The van der Waals surface area contributed by atoms with Gasteiger partial charge in [0.2, 0.25) is 0 Å². The minimum Gasteiger partial charge on any atom is -0.293 e. The van der Waals surface area contributed by atoms with Crippen LogP contribution < -0.4 is 0 Å². The molecule has 7 aromatic carbocycles. The number of hydrogen-bond donors (Lipinski definition) is 0. The molecule has 0 aliphatic carbocycles. The zero-order chi connectivity index (χ0) is 31.6. The summed E-state index contributed by atoms with van der Waals surface area (Å²) in [5.41, 5.74) is 8.87. The van der Waals surface area contributed by atoms with E-state index < -0.39 is 0 Å². The van der Waals surface area contributed by atoms with Crippen LogP contribution >= 0.6 is 11.3 Å². The summed E-state index contributed by atoms with van der Waals surface area (Å²) in [6, 6.07) is 58.3. The highest BCUT2D eigenvalue weighted by Crippen LogP contribution is 2.42. The van der Waals surface area contributed by atoms with Gasteiger partial charge in [-0.15, -0.1) is 11.3 Å². The van der Waals surface area contributed by atoms with Crippen LogP contribution in [0.3, 0.4) is 0 Å². The van der Waals surface area contributed by atoms with E-state index in [1.54, 1.807) is 0 Å². The molecule has 0 aliphatic heterocycles. The Morgan fingerprint density at radius 1 is 0.396 bits per heavy atom. The highest BCUT2D eigenvalue weighted by molar-refractivity contribution is 7.26. The summed E-state index contributed by atoms with van der Waals surface area (Å²) >= 11 is 1.82. The second kappa shape index (κ2) is 10.7. The molecule has 0 N–H and O–H groups in total. The lowest BCUT2D eigenvalue weighted by Gasteiger charge is -2.14. The maximum Gasteiger partial charge on any atom is 0.162 e. The van der Waals surface area contributed by atoms with Crippen LogP contribution in [0.2, 0.25) is 0 Å². The quantitative estimate of drug-likeness (QED) is 0.194. The number of benzene rings is 7. The monoisotopic (exact) mass is 629 g/mol. The molecule has 0 spiro atoms. The zero-order valence-corrected chi connectivity index (χ0v) is 26.7. The highest BCUT2D eigenvalue weighted by atomic mass is 32.1. The van der Waals surface area contributed by atoms with E-state index in [1.807, 2.05) is 11.3 Å². The van der Waals surface area contributed by atoms with Crippen LogP contribution in [-0.4, -0.2) is 14.5 Å². The topological polar surface area (TPSA) is 30.7 Å². The second-order valence-electron chi connectivity index (χ2n) is 12.2. The molecule has 0 saturated carbocycles. The molecule has 0 unspecified atom stereocenters. The molecule has 3 aromatic heterocycles. The Balaban J connectivity index is 1.25. The van der Waals surface area contributed by atoms with E-state index in [0.29, 0.717) is 5.82 Å². The van der Waals surface area contributed by atoms with Crippen molar-refractivity contribution in [1.29, 1.82) is 0 Å². The summed E-state index contributed by atoms with van der Waals surface area (Å²) < 4.78 is 4.85. The normalized spacial score (nSPS) is 11.8. The maximum absolute atomic E-state index is 5.51. The average Bonchev–Trinajstić information content (AvgIpc) is 3.71. The van der Waals surface area contributed by atoms with Crippen molar-refractivity contribution in [3.8, 4) is 39.5 Å².